The second-order valence-corrected chi connectivity index (χ2v) is 5.58. The predicted octanol–water partition coefficient (Wildman–Crippen LogP) is 4.07. The standard InChI is InChI=1S/C14H13NOS2/c1-9-6-12-7-10(11-4-5-18-8-11)2-3-13(12)15-14(17)16-9/h2-5,7-9H,6H2,1H3,(H,15,17). The van der Waals surface area contributed by atoms with E-state index in [0.29, 0.717) is 5.17 Å². The van der Waals surface area contributed by atoms with Gasteiger partial charge in [-0.3, -0.25) is 0 Å². The minimum atomic E-state index is 0.115. The van der Waals surface area contributed by atoms with Gasteiger partial charge in [-0.1, -0.05) is 6.07 Å². The Hall–Kier alpha value is -1.39. The summed E-state index contributed by atoms with van der Waals surface area (Å²) in [6.07, 6.45) is 0.990. The lowest BCUT2D eigenvalue weighted by molar-refractivity contribution is 0.217. The SMILES string of the molecule is CC1Cc2cc(-c3ccsc3)ccc2NC(=S)O1. The first kappa shape index (κ1) is 11.7. The Morgan fingerprint density at radius 1 is 1.33 bits per heavy atom. The third kappa shape index (κ3) is 2.26. The molecule has 1 N–H and O–H groups in total. The summed E-state index contributed by atoms with van der Waals surface area (Å²) in [7, 11) is 0. The van der Waals surface area contributed by atoms with E-state index in [0.717, 1.165) is 12.1 Å². The van der Waals surface area contributed by atoms with Crippen LogP contribution < -0.4 is 5.32 Å². The highest BCUT2D eigenvalue weighted by Crippen LogP contribution is 2.29. The average Bonchev–Trinajstić information content (AvgIpc) is 2.80. The molecule has 0 saturated heterocycles. The lowest BCUT2D eigenvalue weighted by Crippen LogP contribution is -2.16. The van der Waals surface area contributed by atoms with Gasteiger partial charge in [-0.2, -0.15) is 11.3 Å². The molecule has 2 heterocycles. The molecule has 1 aromatic heterocycles. The van der Waals surface area contributed by atoms with Gasteiger partial charge in [-0.05, 0) is 64.8 Å². The zero-order valence-corrected chi connectivity index (χ0v) is 11.6. The molecule has 0 spiro atoms. The number of nitrogens with one attached hydrogen (secondary N) is 1. The van der Waals surface area contributed by atoms with Gasteiger partial charge in [0.2, 0.25) is 0 Å². The van der Waals surface area contributed by atoms with Crippen LogP contribution in [0.5, 0.6) is 0 Å². The number of hydrogen-bond donors (Lipinski definition) is 1. The first-order chi connectivity index (χ1) is 8.72. The zero-order chi connectivity index (χ0) is 12.5. The van der Waals surface area contributed by atoms with Crippen LogP contribution in [0.4, 0.5) is 5.69 Å². The van der Waals surface area contributed by atoms with Gasteiger partial charge in [0.25, 0.3) is 5.17 Å². The van der Waals surface area contributed by atoms with Crippen molar-refractivity contribution in [1.29, 1.82) is 0 Å². The van der Waals surface area contributed by atoms with Crippen molar-refractivity contribution in [1.82, 2.24) is 0 Å². The molecular formula is C14H13NOS2. The molecular weight excluding hydrogens is 262 g/mol. The molecule has 1 aliphatic heterocycles. The van der Waals surface area contributed by atoms with Gasteiger partial charge in [-0.25, -0.2) is 0 Å². The van der Waals surface area contributed by atoms with Crippen LogP contribution in [-0.4, -0.2) is 11.3 Å². The summed E-state index contributed by atoms with van der Waals surface area (Å²) in [5, 5.41) is 7.86. The second-order valence-electron chi connectivity index (χ2n) is 4.43. The number of thiophene rings is 1. The van der Waals surface area contributed by atoms with Crippen molar-refractivity contribution in [3.8, 4) is 11.1 Å². The van der Waals surface area contributed by atoms with Crippen LogP contribution in [-0.2, 0) is 11.2 Å². The highest BCUT2D eigenvalue weighted by Gasteiger charge is 2.17. The molecule has 4 heteroatoms. The summed E-state index contributed by atoms with van der Waals surface area (Å²) in [5.41, 5.74) is 4.83. The third-order valence-corrected chi connectivity index (χ3v) is 3.89. The molecule has 18 heavy (non-hydrogen) atoms. The van der Waals surface area contributed by atoms with Crippen LogP contribution in [0, 0.1) is 0 Å². The maximum atomic E-state index is 5.55. The largest absolute Gasteiger partial charge is 0.467 e. The fraction of sp³-hybridized carbons (Fsp3) is 0.214. The van der Waals surface area contributed by atoms with Crippen LogP contribution in [0.3, 0.4) is 0 Å². The van der Waals surface area contributed by atoms with Gasteiger partial charge in [0.15, 0.2) is 0 Å². The van der Waals surface area contributed by atoms with E-state index in [1.54, 1.807) is 11.3 Å². The van der Waals surface area contributed by atoms with E-state index in [2.05, 4.69) is 40.3 Å². The summed E-state index contributed by atoms with van der Waals surface area (Å²) >= 11 is 6.84. The van der Waals surface area contributed by atoms with Crippen molar-refractivity contribution in [3.05, 3.63) is 40.6 Å². The first-order valence-corrected chi connectivity index (χ1v) is 7.20. The van der Waals surface area contributed by atoms with Gasteiger partial charge >= 0.3 is 0 Å². The van der Waals surface area contributed by atoms with E-state index in [4.69, 9.17) is 17.0 Å². The Morgan fingerprint density at radius 2 is 2.22 bits per heavy atom. The lowest BCUT2D eigenvalue weighted by atomic mass is 10.0. The molecule has 0 bridgehead atoms. The zero-order valence-electron chi connectivity index (χ0n) is 9.97. The monoisotopic (exact) mass is 275 g/mol. The van der Waals surface area contributed by atoms with E-state index < -0.39 is 0 Å². The van der Waals surface area contributed by atoms with Gasteiger partial charge < -0.3 is 10.1 Å². The van der Waals surface area contributed by atoms with E-state index in [-0.39, 0.29) is 6.10 Å². The molecule has 0 aliphatic carbocycles. The summed E-state index contributed by atoms with van der Waals surface area (Å²) in [4.78, 5) is 0. The summed E-state index contributed by atoms with van der Waals surface area (Å²) in [5.74, 6) is 0. The molecule has 0 radical (unpaired) electrons. The molecule has 1 unspecified atom stereocenters. The quantitative estimate of drug-likeness (QED) is 0.793. The van der Waals surface area contributed by atoms with Gasteiger partial charge in [-0.15, -0.1) is 0 Å². The molecule has 0 fully saturated rings. The van der Waals surface area contributed by atoms with Crippen molar-refractivity contribution in [3.63, 3.8) is 0 Å². The molecule has 92 valence electrons. The van der Waals surface area contributed by atoms with E-state index >= 15 is 0 Å². The minimum absolute atomic E-state index is 0.115. The first-order valence-electron chi connectivity index (χ1n) is 5.85. The average molecular weight is 275 g/mol. The van der Waals surface area contributed by atoms with Crippen molar-refractivity contribution < 1.29 is 4.74 Å². The highest BCUT2D eigenvalue weighted by atomic mass is 32.1. The Morgan fingerprint density at radius 3 is 3.00 bits per heavy atom. The van der Waals surface area contributed by atoms with Gasteiger partial charge in [0.05, 0.1) is 0 Å². The van der Waals surface area contributed by atoms with Gasteiger partial charge in [0, 0.05) is 12.1 Å². The predicted molar refractivity (Wildman–Crippen MR) is 80.2 cm³/mol. The number of fused-ring (bicyclic) bond motifs is 1. The molecule has 0 saturated carbocycles. The van der Waals surface area contributed by atoms with Crippen molar-refractivity contribution in [2.75, 3.05) is 5.32 Å². The molecule has 1 aliphatic rings. The molecule has 2 aromatic rings. The van der Waals surface area contributed by atoms with Crippen LogP contribution in [0.1, 0.15) is 12.5 Å². The maximum absolute atomic E-state index is 5.55. The lowest BCUT2D eigenvalue weighted by Gasteiger charge is -2.09. The molecule has 3 rings (SSSR count). The summed E-state index contributed by atoms with van der Waals surface area (Å²) in [6, 6.07) is 8.56. The van der Waals surface area contributed by atoms with Crippen LogP contribution in [0.25, 0.3) is 11.1 Å². The molecule has 1 aromatic carbocycles. The third-order valence-electron chi connectivity index (χ3n) is 3.01. The summed E-state index contributed by atoms with van der Waals surface area (Å²) < 4.78 is 5.55. The number of anilines is 1. The number of thiocarbonyl (C=S) groups is 1. The minimum Gasteiger partial charge on any atom is -0.467 e. The highest BCUT2D eigenvalue weighted by molar-refractivity contribution is 7.80. The van der Waals surface area contributed by atoms with Crippen LogP contribution in [0.15, 0.2) is 35.0 Å². The second kappa shape index (κ2) is 4.71. The normalized spacial score (nSPS) is 18.5. The number of ether oxygens (including phenoxy) is 1. The number of benzene rings is 1. The smallest absolute Gasteiger partial charge is 0.261 e. The van der Waals surface area contributed by atoms with Crippen molar-refractivity contribution >= 4 is 34.4 Å². The molecule has 0 amide bonds. The topological polar surface area (TPSA) is 21.3 Å². The Bertz CT molecular complexity index is 577. The van der Waals surface area contributed by atoms with E-state index in [9.17, 15) is 0 Å². The number of rotatable bonds is 1. The summed E-state index contributed by atoms with van der Waals surface area (Å²) in [6.45, 7) is 2.04. The van der Waals surface area contributed by atoms with Crippen LogP contribution in [0.2, 0.25) is 0 Å². The fourth-order valence-electron chi connectivity index (χ4n) is 2.17. The Kier molecular flexibility index (Phi) is 3.06. The Labute approximate surface area is 116 Å². The van der Waals surface area contributed by atoms with Gasteiger partial charge in [0.1, 0.15) is 6.10 Å². The van der Waals surface area contributed by atoms with Crippen molar-refractivity contribution in [2.45, 2.75) is 19.4 Å². The fourth-order valence-corrected chi connectivity index (χ4v) is 3.11. The van der Waals surface area contributed by atoms with E-state index in [1.165, 1.54) is 16.7 Å². The van der Waals surface area contributed by atoms with Crippen molar-refractivity contribution in [2.24, 2.45) is 0 Å². The van der Waals surface area contributed by atoms with E-state index in [1.807, 2.05) is 6.92 Å². The number of hydrogen-bond acceptors (Lipinski definition) is 3. The maximum Gasteiger partial charge on any atom is 0.261 e. The Balaban J connectivity index is 2.02. The molecule has 1 atom stereocenters. The van der Waals surface area contributed by atoms with Crippen LogP contribution >= 0.6 is 23.6 Å². The molecule has 2 nitrogen and oxygen atoms in total.